The second kappa shape index (κ2) is 10.6. The first-order valence-corrected chi connectivity index (χ1v) is 12.8. The van der Waals surface area contributed by atoms with Crippen LogP contribution in [-0.2, 0) is 20.4 Å². The van der Waals surface area contributed by atoms with Gasteiger partial charge < -0.3 is 14.6 Å². The van der Waals surface area contributed by atoms with E-state index < -0.39 is 15.6 Å². The molecule has 33 heavy (non-hydrogen) atoms. The van der Waals surface area contributed by atoms with Crippen molar-refractivity contribution in [1.82, 2.24) is 19.8 Å². The van der Waals surface area contributed by atoms with Crippen LogP contribution in [0.4, 0.5) is 5.69 Å². The van der Waals surface area contributed by atoms with E-state index in [0.717, 1.165) is 25.7 Å². The largest absolute Gasteiger partial charge is 0.492 e. The van der Waals surface area contributed by atoms with Gasteiger partial charge in [0.05, 0.1) is 18.7 Å². The van der Waals surface area contributed by atoms with Crippen LogP contribution in [0.1, 0.15) is 58.2 Å². The van der Waals surface area contributed by atoms with Crippen LogP contribution in [0.2, 0.25) is 0 Å². The quantitative estimate of drug-likeness (QED) is 0.504. The molecule has 1 aromatic heterocycles. The Morgan fingerprint density at radius 2 is 1.91 bits per heavy atom. The molecule has 3 rings (SSSR count). The molecule has 1 aliphatic carbocycles. The number of ether oxygens (including phenoxy) is 1. The third-order valence-electron chi connectivity index (χ3n) is 5.85. The SMILES string of the molecule is CCOc1ccc(NC(=O)CNC2(c3noc(C)n3)CCCC2)cc1S(=O)(=O)N(CC)CC. The summed E-state index contributed by atoms with van der Waals surface area (Å²) in [5.41, 5.74) is -0.114. The summed E-state index contributed by atoms with van der Waals surface area (Å²) >= 11 is 0. The maximum absolute atomic E-state index is 13.1. The van der Waals surface area contributed by atoms with Crippen molar-refractivity contribution in [3.63, 3.8) is 0 Å². The van der Waals surface area contributed by atoms with Crippen LogP contribution in [0, 0.1) is 6.92 Å². The number of nitrogens with zero attached hydrogens (tertiary/aromatic N) is 3. The summed E-state index contributed by atoms with van der Waals surface area (Å²) in [5.74, 6) is 1.02. The lowest BCUT2D eigenvalue weighted by Crippen LogP contribution is -2.44. The highest BCUT2D eigenvalue weighted by Crippen LogP contribution is 2.37. The topological polar surface area (TPSA) is 127 Å². The number of hydrogen-bond acceptors (Lipinski definition) is 8. The molecule has 1 aromatic carbocycles. The number of amides is 1. The standard InChI is InChI=1S/C22H33N5O5S/c1-5-27(6-2)33(29,30)19-14-17(10-11-18(19)31-7-3)25-20(28)15-23-22(12-8-9-13-22)21-24-16(4)32-26-21/h10-11,14,23H,5-9,12-13,15H2,1-4H3,(H,25,28). The molecular weight excluding hydrogens is 446 g/mol. The van der Waals surface area contributed by atoms with E-state index in [2.05, 4.69) is 20.8 Å². The van der Waals surface area contributed by atoms with Gasteiger partial charge in [-0.2, -0.15) is 9.29 Å². The Hall–Kier alpha value is -2.50. The van der Waals surface area contributed by atoms with Gasteiger partial charge in [-0.25, -0.2) is 8.42 Å². The van der Waals surface area contributed by atoms with Crippen molar-refractivity contribution in [2.24, 2.45) is 0 Å². The van der Waals surface area contributed by atoms with Gasteiger partial charge in [-0.15, -0.1) is 0 Å². The van der Waals surface area contributed by atoms with E-state index in [9.17, 15) is 13.2 Å². The molecular formula is C22H33N5O5S. The lowest BCUT2D eigenvalue weighted by Gasteiger charge is -2.26. The van der Waals surface area contributed by atoms with Crippen molar-refractivity contribution in [1.29, 1.82) is 0 Å². The molecule has 1 aliphatic rings. The van der Waals surface area contributed by atoms with Crippen molar-refractivity contribution in [2.75, 3.05) is 31.6 Å². The van der Waals surface area contributed by atoms with Gasteiger partial charge in [0, 0.05) is 25.7 Å². The van der Waals surface area contributed by atoms with Gasteiger partial charge in [0.15, 0.2) is 5.82 Å². The summed E-state index contributed by atoms with van der Waals surface area (Å²) in [6.45, 7) is 8.12. The highest BCUT2D eigenvalue weighted by Gasteiger charge is 2.39. The molecule has 0 atom stereocenters. The van der Waals surface area contributed by atoms with Gasteiger partial charge in [-0.1, -0.05) is 31.8 Å². The van der Waals surface area contributed by atoms with Crippen molar-refractivity contribution < 1.29 is 22.5 Å². The van der Waals surface area contributed by atoms with Crippen LogP contribution in [-0.4, -0.2) is 55.0 Å². The molecule has 2 N–H and O–H groups in total. The van der Waals surface area contributed by atoms with Gasteiger partial charge in [0.1, 0.15) is 10.6 Å². The predicted octanol–water partition coefficient (Wildman–Crippen LogP) is 2.80. The molecule has 0 aliphatic heterocycles. The summed E-state index contributed by atoms with van der Waals surface area (Å²) in [5, 5.41) is 10.2. The third-order valence-corrected chi connectivity index (χ3v) is 7.92. The van der Waals surface area contributed by atoms with Gasteiger partial charge in [-0.05, 0) is 38.0 Å². The first kappa shape index (κ1) is 25.1. The minimum atomic E-state index is -3.77. The summed E-state index contributed by atoms with van der Waals surface area (Å²) < 4.78 is 38.3. The van der Waals surface area contributed by atoms with Gasteiger partial charge in [0.2, 0.25) is 21.8 Å². The minimum Gasteiger partial charge on any atom is -0.492 e. The number of carbonyl (C=O) groups excluding carboxylic acids is 1. The van der Waals surface area contributed by atoms with Crippen molar-refractivity contribution in [3.8, 4) is 5.75 Å². The Kier molecular flexibility index (Phi) is 8.09. The Morgan fingerprint density at radius 3 is 2.48 bits per heavy atom. The summed E-state index contributed by atoms with van der Waals surface area (Å²) in [6.07, 6.45) is 3.64. The fourth-order valence-electron chi connectivity index (χ4n) is 4.17. The Morgan fingerprint density at radius 1 is 1.21 bits per heavy atom. The van der Waals surface area contributed by atoms with E-state index in [1.807, 2.05) is 0 Å². The molecule has 1 amide bonds. The molecule has 182 valence electrons. The molecule has 2 aromatic rings. The second-order valence-corrected chi connectivity index (χ2v) is 9.92. The maximum atomic E-state index is 13.1. The Balaban J connectivity index is 1.77. The number of sulfonamides is 1. The third kappa shape index (κ3) is 5.53. The molecule has 1 heterocycles. The maximum Gasteiger partial charge on any atom is 0.246 e. The number of benzene rings is 1. The van der Waals surface area contributed by atoms with Gasteiger partial charge >= 0.3 is 0 Å². The highest BCUT2D eigenvalue weighted by molar-refractivity contribution is 7.89. The number of hydrogen-bond donors (Lipinski definition) is 2. The van der Waals surface area contributed by atoms with Crippen LogP contribution < -0.4 is 15.4 Å². The van der Waals surface area contributed by atoms with E-state index in [1.165, 1.54) is 10.4 Å². The van der Waals surface area contributed by atoms with Crippen LogP contribution in [0.25, 0.3) is 0 Å². The first-order chi connectivity index (χ1) is 15.8. The number of anilines is 1. The fraction of sp³-hybridized carbons (Fsp3) is 0.591. The van der Waals surface area contributed by atoms with E-state index in [1.54, 1.807) is 39.8 Å². The molecule has 1 fully saturated rings. The van der Waals surface area contributed by atoms with E-state index in [-0.39, 0.29) is 23.1 Å². The van der Waals surface area contributed by atoms with Crippen molar-refractivity contribution >= 4 is 21.6 Å². The molecule has 1 saturated carbocycles. The van der Waals surface area contributed by atoms with E-state index >= 15 is 0 Å². The van der Waals surface area contributed by atoms with Gasteiger partial charge in [0.25, 0.3) is 0 Å². The Labute approximate surface area is 195 Å². The monoisotopic (exact) mass is 479 g/mol. The average Bonchev–Trinajstić information content (AvgIpc) is 3.44. The average molecular weight is 480 g/mol. The zero-order valence-corrected chi connectivity index (χ0v) is 20.5. The number of rotatable bonds is 11. The molecule has 0 radical (unpaired) electrons. The van der Waals surface area contributed by atoms with Crippen LogP contribution in [0.15, 0.2) is 27.6 Å². The molecule has 11 heteroatoms. The van der Waals surface area contributed by atoms with E-state index in [0.29, 0.717) is 37.1 Å². The summed E-state index contributed by atoms with van der Waals surface area (Å²) in [6, 6.07) is 4.66. The van der Waals surface area contributed by atoms with Gasteiger partial charge in [-0.3, -0.25) is 10.1 Å². The van der Waals surface area contributed by atoms with Crippen molar-refractivity contribution in [3.05, 3.63) is 29.9 Å². The van der Waals surface area contributed by atoms with Crippen LogP contribution in [0.3, 0.4) is 0 Å². The molecule has 0 bridgehead atoms. The highest BCUT2D eigenvalue weighted by atomic mass is 32.2. The Bertz CT molecular complexity index is 1060. The fourth-order valence-corrected chi connectivity index (χ4v) is 5.79. The number of aromatic nitrogens is 2. The first-order valence-electron chi connectivity index (χ1n) is 11.4. The lowest BCUT2D eigenvalue weighted by molar-refractivity contribution is -0.115. The summed E-state index contributed by atoms with van der Waals surface area (Å²) in [4.78, 5) is 17.1. The minimum absolute atomic E-state index is 0.0267. The molecule has 0 saturated heterocycles. The number of aryl methyl sites for hydroxylation is 1. The van der Waals surface area contributed by atoms with Crippen LogP contribution in [0.5, 0.6) is 5.75 Å². The zero-order chi connectivity index (χ0) is 24.1. The smallest absolute Gasteiger partial charge is 0.246 e. The number of carbonyl (C=O) groups is 1. The molecule has 0 spiro atoms. The lowest BCUT2D eigenvalue weighted by atomic mass is 9.96. The molecule has 10 nitrogen and oxygen atoms in total. The zero-order valence-electron chi connectivity index (χ0n) is 19.7. The second-order valence-electron chi connectivity index (χ2n) is 8.01. The predicted molar refractivity (Wildman–Crippen MR) is 124 cm³/mol. The van der Waals surface area contributed by atoms with Crippen LogP contribution >= 0.6 is 0 Å². The molecule has 0 unspecified atom stereocenters. The van der Waals surface area contributed by atoms with E-state index in [4.69, 9.17) is 9.26 Å². The normalized spacial score (nSPS) is 15.7. The number of nitrogens with one attached hydrogen (secondary N) is 2. The van der Waals surface area contributed by atoms with Crippen molar-refractivity contribution in [2.45, 2.75) is 63.8 Å². The summed E-state index contributed by atoms with van der Waals surface area (Å²) in [7, 11) is -3.77.